The van der Waals surface area contributed by atoms with Gasteiger partial charge in [-0.1, -0.05) is 12.1 Å². The first-order valence-electron chi connectivity index (χ1n) is 7.50. The van der Waals surface area contributed by atoms with E-state index in [9.17, 15) is 0 Å². The van der Waals surface area contributed by atoms with Crippen LogP contribution in [0.5, 0.6) is 11.5 Å². The molecule has 0 saturated heterocycles. The fourth-order valence-electron chi connectivity index (χ4n) is 2.97. The summed E-state index contributed by atoms with van der Waals surface area (Å²) >= 11 is 0. The second-order valence-electron chi connectivity index (χ2n) is 5.42. The normalized spacial score (nSPS) is 16.2. The lowest BCUT2D eigenvalue weighted by Crippen LogP contribution is -2.31. The number of aromatic nitrogens is 2. The number of nitrogens with two attached hydrogens (primary N) is 1. The van der Waals surface area contributed by atoms with Gasteiger partial charge in [0.15, 0.2) is 12.1 Å². The maximum atomic E-state index is 5.97. The highest BCUT2D eigenvalue weighted by Crippen LogP contribution is 2.37. The Morgan fingerprint density at radius 2 is 1.96 bits per heavy atom. The van der Waals surface area contributed by atoms with Gasteiger partial charge in [-0.15, -0.1) is 0 Å². The number of aliphatic imine (C=N–C) groups is 1. The molecule has 7 heteroatoms. The van der Waals surface area contributed by atoms with E-state index in [0.717, 1.165) is 22.3 Å². The van der Waals surface area contributed by atoms with Crippen LogP contribution < -0.4 is 20.5 Å². The number of nitrogens with zero attached hydrogens (tertiary/aromatic N) is 3. The Balaban J connectivity index is 1.97. The van der Waals surface area contributed by atoms with Gasteiger partial charge in [-0.05, 0) is 30.3 Å². The number of anilines is 1. The zero-order valence-corrected chi connectivity index (χ0v) is 13.4. The molecular weight excluding hydrogens is 306 g/mol. The second kappa shape index (κ2) is 5.45. The molecular formula is C17H17N5O2. The minimum Gasteiger partial charge on any atom is -0.497 e. The molecule has 3 N–H and O–H groups in total. The van der Waals surface area contributed by atoms with Crippen LogP contribution >= 0.6 is 0 Å². The summed E-state index contributed by atoms with van der Waals surface area (Å²) in [4.78, 5) is 9.17. The highest BCUT2D eigenvalue weighted by atomic mass is 16.5. The first-order chi connectivity index (χ1) is 11.7. The monoisotopic (exact) mass is 323 g/mol. The average molecular weight is 323 g/mol. The Hall–Kier alpha value is -3.22. The summed E-state index contributed by atoms with van der Waals surface area (Å²) in [5, 5.41) is 3.02. The number of para-hydroxylation sites is 2. The molecule has 2 heterocycles. The predicted octanol–water partition coefficient (Wildman–Crippen LogP) is 2.34. The van der Waals surface area contributed by atoms with Crippen LogP contribution in [0.4, 0.5) is 5.95 Å². The Kier molecular flexibility index (Phi) is 3.26. The van der Waals surface area contributed by atoms with Crippen molar-refractivity contribution in [3.63, 3.8) is 0 Å². The van der Waals surface area contributed by atoms with Crippen molar-refractivity contribution in [3.8, 4) is 11.5 Å². The maximum Gasteiger partial charge on any atom is 0.212 e. The van der Waals surface area contributed by atoms with E-state index in [1.807, 2.05) is 47.0 Å². The average Bonchev–Trinajstić information content (AvgIpc) is 2.98. The van der Waals surface area contributed by atoms with Crippen LogP contribution in [0.25, 0.3) is 11.0 Å². The van der Waals surface area contributed by atoms with E-state index in [4.69, 9.17) is 15.2 Å². The standard InChI is InChI=1S/C17H17N5O2/c1-23-10-7-8-14(24-2)11(9-10)15-20-16(18)21-17-19-12-5-3-4-6-13(12)22(15)17/h3-9,15H,1-2H3,(H3,18,19,20,21). The third kappa shape index (κ3) is 2.13. The number of rotatable bonds is 3. The van der Waals surface area contributed by atoms with E-state index in [-0.39, 0.29) is 0 Å². The van der Waals surface area contributed by atoms with Crippen LogP contribution in [0.2, 0.25) is 0 Å². The Bertz CT molecular complexity index is 947. The molecule has 24 heavy (non-hydrogen) atoms. The summed E-state index contributed by atoms with van der Waals surface area (Å²) in [7, 11) is 3.26. The lowest BCUT2D eigenvalue weighted by molar-refractivity contribution is 0.392. The quantitative estimate of drug-likeness (QED) is 0.772. The number of benzene rings is 2. The number of hydrogen-bond donors (Lipinski definition) is 2. The van der Waals surface area contributed by atoms with Crippen molar-refractivity contribution >= 4 is 22.9 Å². The lowest BCUT2D eigenvalue weighted by atomic mass is 10.1. The van der Waals surface area contributed by atoms with Gasteiger partial charge < -0.3 is 15.2 Å². The van der Waals surface area contributed by atoms with E-state index >= 15 is 0 Å². The van der Waals surface area contributed by atoms with Crippen LogP contribution in [-0.2, 0) is 0 Å². The van der Waals surface area contributed by atoms with Gasteiger partial charge in [-0.2, -0.15) is 0 Å². The molecule has 7 nitrogen and oxygen atoms in total. The molecule has 0 fully saturated rings. The summed E-state index contributed by atoms with van der Waals surface area (Å²) in [6.45, 7) is 0. The van der Waals surface area contributed by atoms with Crippen molar-refractivity contribution in [2.45, 2.75) is 6.17 Å². The SMILES string of the molecule is COc1ccc(OC)c(C2N=C(N)Nc3nc4ccccc4n32)c1. The van der Waals surface area contributed by atoms with Crippen molar-refractivity contribution in [1.82, 2.24) is 9.55 Å². The predicted molar refractivity (Wildman–Crippen MR) is 92.7 cm³/mol. The zero-order chi connectivity index (χ0) is 16.7. The first-order valence-corrected chi connectivity index (χ1v) is 7.50. The molecule has 0 aliphatic carbocycles. The summed E-state index contributed by atoms with van der Waals surface area (Å²) in [6.07, 6.45) is -0.390. The van der Waals surface area contributed by atoms with Crippen LogP contribution in [0.1, 0.15) is 11.7 Å². The Morgan fingerprint density at radius 3 is 2.75 bits per heavy atom. The van der Waals surface area contributed by atoms with Gasteiger partial charge in [0.2, 0.25) is 5.95 Å². The van der Waals surface area contributed by atoms with Crippen LogP contribution in [0.15, 0.2) is 47.5 Å². The number of fused-ring (bicyclic) bond motifs is 3. The molecule has 0 amide bonds. The second-order valence-corrected chi connectivity index (χ2v) is 5.42. The van der Waals surface area contributed by atoms with Crippen LogP contribution in [0.3, 0.4) is 0 Å². The number of nitrogens with one attached hydrogen (secondary N) is 1. The van der Waals surface area contributed by atoms with E-state index in [1.165, 1.54) is 0 Å². The third-order valence-electron chi connectivity index (χ3n) is 4.06. The molecule has 1 aliphatic heterocycles. The van der Waals surface area contributed by atoms with E-state index in [0.29, 0.717) is 17.7 Å². The molecule has 1 aromatic heterocycles. The van der Waals surface area contributed by atoms with Gasteiger partial charge in [0.25, 0.3) is 0 Å². The van der Waals surface area contributed by atoms with E-state index < -0.39 is 6.17 Å². The van der Waals surface area contributed by atoms with Gasteiger partial charge in [0, 0.05) is 5.56 Å². The minimum absolute atomic E-state index is 0.313. The molecule has 0 spiro atoms. The molecule has 122 valence electrons. The smallest absolute Gasteiger partial charge is 0.212 e. The van der Waals surface area contributed by atoms with Crippen LogP contribution in [-0.4, -0.2) is 29.7 Å². The molecule has 0 bridgehead atoms. The summed E-state index contributed by atoms with van der Waals surface area (Å²) < 4.78 is 12.9. The van der Waals surface area contributed by atoms with Crippen molar-refractivity contribution in [2.24, 2.45) is 10.7 Å². The van der Waals surface area contributed by atoms with Gasteiger partial charge in [0.05, 0.1) is 25.3 Å². The van der Waals surface area contributed by atoms with Crippen molar-refractivity contribution < 1.29 is 9.47 Å². The molecule has 1 aliphatic rings. The molecule has 4 rings (SSSR count). The lowest BCUT2D eigenvalue weighted by Gasteiger charge is -2.25. The number of methoxy groups -OCH3 is 2. The van der Waals surface area contributed by atoms with Crippen molar-refractivity contribution in [3.05, 3.63) is 48.0 Å². The third-order valence-corrected chi connectivity index (χ3v) is 4.06. The highest BCUT2D eigenvalue weighted by Gasteiger charge is 2.27. The number of guanidine groups is 1. The number of hydrogen-bond acceptors (Lipinski definition) is 6. The maximum absolute atomic E-state index is 5.97. The van der Waals surface area contributed by atoms with Crippen molar-refractivity contribution in [2.75, 3.05) is 19.5 Å². The largest absolute Gasteiger partial charge is 0.497 e. The molecule has 1 unspecified atom stereocenters. The number of imidazole rings is 1. The fourth-order valence-corrected chi connectivity index (χ4v) is 2.97. The van der Waals surface area contributed by atoms with Gasteiger partial charge in [0.1, 0.15) is 11.5 Å². The van der Waals surface area contributed by atoms with Gasteiger partial charge >= 0.3 is 0 Å². The first kappa shape index (κ1) is 14.4. The van der Waals surface area contributed by atoms with E-state index in [1.54, 1.807) is 14.2 Å². The fraction of sp³-hybridized carbons (Fsp3) is 0.176. The molecule has 0 radical (unpaired) electrons. The van der Waals surface area contributed by atoms with Crippen molar-refractivity contribution in [1.29, 1.82) is 0 Å². The topological polar surface area (TPSA) is 86.7 Å². The molecule has 3 aromatic rings. The Labute approximate surface area is 138 Å². The molecule has 0 saturated carbocycles. The number of ether oxygens (including phenoxy) is 2. The van der Waals surface area contributed by atoms with Gasteiger partial charge in [-0.3, -0.25) is 9.88 Å². The molecule has 1 atom stereocenters. The summed E-state index contributed by atoms with van der Waals surface area (Å²) in [5.41, 5.74) is 8.66. The molecule has 2 aromatic carbocycles. The minimum atomic E-state index is -0.390. The summed E-state index contributed by atoms with van der Waals surface area (Å²) in [5.74, 6) is 2.40. The Morgan fingerprint density at radius 1 is 1.12 bits per heavy atom. The van der Waals surface area contributed by atoms with Crippen LogP contribution in [0, 0.1) is 0 Å². The summed E-state index contributed by atoms with van der Waals surface area (Å²) in [6, 6.07) is 13.5. The highest BCUT2D eigenvalue weighted by molar-refractivity contribution is 5.94. The van der Waals surface area contributed by atoms with Gasteiger partial charge in [-0.25, -0.2) is 9.98 Å². The zero-order valence-electron chi connectivity index (χ0n) is 13.4. The van der Waals surface area contributed by atoms with E-state index in [2.05, 4.69) is 15.3 Å².